The van der Waals surface area contributed by atoms with E-state index in [9.17, 15) is 4.79 Å². The van der Waals surface area contributed by atoms with Gasteiger partial charge in [0.05, 0.1) is 11.8 Å². The van der Waals surface area contributed by atoms with Crippen molar-refractivity contribution in [2.45, 2.75) is 44.4 Å². The third-order valence-electron chi connectivity index (χ3n) is 4.75. The number of carbonyl (C=O) groups excluding carboxylic acids is 1. The molecule has 0 aliphatic heterocycles. The zero-order valence-electron chi connectivity index (χ0n) is 14.9. The van der Waals surface area contributed by atoms with Gasteiger partial charge in [0.25, 0.3) is 0 Å². The fourth-order valence-electron chi connectivity index (χ4n) is 3.13. The maximum atomic E-state index is 12.8. The smallest absolute Gasteiger partial charge is 0.210 e. The first-order valence-corrected chi connectivity index (χ1v) is 9.76. The Balaban J connectivity index is 1.47. The molecule has 0 bridgehead atoms. The maximum Gasteiger partial charge on any atom is 0.210 e. The first-order valence-electron chi connectivity index (χ1n) is 8.78. The molecule has 7 heteroatoms. The lowest BCUT2D eigenvalue weighted by molar-refractivity contribution is 0.102. The molecule has 2 heterocycles. The highest BCUT2D eigenvalue weighted by Gasteiger charge is 2.28. The predicted octanol–water partition coefficient (Wildman–Crippen LogP) is 3.45. The van der Waals surface area contributed by atoms with E-state index in [0.29, 0.717) is 11.8 Å². The summed E-state index contributed by atoms with van der Waals surface area (Å²) in [4.78, 5) is 12.8. The number of tetrazole rings is 1. The van der Waals surface area contributed by atoms with E-state index in [-0.39, 0.29) is 5.78 Å². The molecule has 1 aliphatic rings. The van der Waals surface area contributed by atoms with Crippen LogP contribution in [0.15, 0.2) is 41.6 Å². The molecule has 0 atom stereocenters. The number of rotatable bonds is 7. The van der Waals surface area contributed by atoms with Crippen LogP contribution in [0.1, 0.15) is 46.2 Å². The van der Waals surface area contributed by atoms with Crippen LogP contribution in [-0.2, 0) is 6.54 Å². The molecule has 3 aromatic rings. The molecular formula is C19H21N5OS. The number of carbonyl (C=O) groups is 1. The number of nitrogens with zero attached hydrogens (tertiary/aromatic N) is 5. The summed E-state index contributed by atoms with van der Waals surface area (Å²) in [5.74, 6) is 0.468. The maximum absolute atomic E-state index is 12.8. The standard InChI is InChI=1S/C19H21N5OS/c1-13-10-17(14(2)23(13)11-15-6-4-3-5-7-15)18(25)12-26-19-20-21-22-24(19)16-8-9-16/h3-7,10,16H,8-9,11-12H2,1-2H3. The average Bonchev–Trinajstić information content (AvgIpc) is 3.33. The van der Waals surface area contributed by atoms with E-state index in [1.807, 2.05) is 42.8 Å². The van der Waals surface area contributed by atoms with Crippen LogP contribution in [0.4, 0.5) is 0 Å². The third-order valence-corrected chi connectivity index (χ3v) is 5.68. The summed E-state index contributed by atoms with van der Waals surface area (Å²) in [5.41, 5.74) is 4.13. The van der Waals surface area contributed by atoms with Crippen LogP contribution >= 0.6 is 11.8 Å². The number of ketones is 1. The molecule has 6 nitrogen and oxygen atoms in total. The Labute approximate surface area is 156 Å². The number of aromatic nitrogens is 5. The molecule has 0 unspecified atom stereocenters. The van der Waals surface area contributed by atoms with E-state index in [1.165, 1.54) is 17.3 Å². The summed E-state index contributed by atoms with van der Waals surface area (Å²) < 4.78 is 4.04. The zero-order valence-corrected chi connectivity index (χ0v) is 15.7. The molecule has 4 rings (SSSR count). The fourth-order valence-corrected chi connectivity index (χ4v) is 3.96. The normalized spacial score (nSPS) is 13.9. The minimum atomic E-state index is 0.118. The average molecular weight is 367 g/mol. The minimum absolute atomic E-state index is 0.118. The molecule has 0 saturated heterocycles. The van der Waals surface area contributed by atoms with E-state index < -0.39 is 0 Å². The van der Waals surface area contributed by atoms with Crippen LogP contribution < -0.4 is 0 Å². The number of hydrogen-bond donors (Lipinski definition) is 0. The number of thioether (sulfide) groups is 1. The molecule has 134 valence electrons. The van der Waals surface area contributed by atoms with Crippen molar-refractivity contribution in [2.24, 2.45) is 0 Å². The number of benzene rings is 1. The number of hydrogen-bond acceptors (Lipinski definition) is 5. The Hall–Kier alpha value is -2.41. The molecule has 0 amide bonds. The SMILES string of the molecule is Cc1cc(C(=O)CSc2nnnn2C2CC2)c(C)n1Cc1ccccc1. The second-order valence-corrected chi connectivity index (χ2v) is 7.65. The Morgan fingerprint density at radius 2 is 2.00 bits per heavy atom. The molecule has 26 heavy (non-hydrogen) atoms. The van der Waals surface area contributed by atoms with Gasteiger partial charge in [-0.1, -0.05) is 42.1 Å². The van der Waals surface area contributed by atoms with Crippen molar-refractivity contribution in [1.29, 1.82) is 0 Å². The second kappa shape index (κ2) is 7.07. The van der Waals surface area contributed by atoms with Crippen LogP contribution in [0.5, 0.6) is 0 Å². The van der Waals surface area contributed by atoms with Crippen LogP contribution in [0.2, 0.25) is 0 Å². The van der Waals surface area contributed by atoms with E-state index >= 15 is 0 Å². The Bertz CT molecular complexity index is 927. The Morgan fingerprint density at radius 1 is 1.23 bits per heavy atom. The summed E-state index contributed by atoms with van der Waals surface area (Å²) in [6.07, 6.45) is 2.24. The largest absolute Gasteiger partial charge is 0.344 e. The van der Waals surface area contributed by atoms with E-state index in [4.69, 9.17) is 0 Å². The first kappa shape index (κ1) is 17.0. The lowest BCUT2D eigenvalue weighted by Crippen LogP contribution is -2.08. The van der Waals surface area contributed by atoms with Crippen molar-refractivity contribution in [1.82, 2.24) is 24.8 Å². The topological polar surface area (TPSA) is 65.6 Å². The van der Waals surface area contributed by atoms with E-state index in [1.54, 1.807) is 0 Å². The third kappa shape index (κ3) is 3.44. The number of Topliss-reactive ketones (excluding diaryl/α,β-unsaturated/α-hetero) is 1. The molecule has 2 aromatic heterocycles. The molecule has 1 saturated carbocycles. The number of aryl methyl sites for hydroxylation is 1. The van der Waals surface area contributed by atoms with Crippen molar-refractivity contribution in [3.8, 4) is 0 Å². The monoisotopic (exact) mass is 367 g/mol. The lowest BCUT2D eigenvalue weighted by atomic mass is 10.2. The van der Waals surface area contributed by atoms with Gasteiger partial charge in [0.15, 0.2) is 5.78 Å². The van der Waals surface area contributed by atoms with Crippen LogP contribution in [0.3, 0.4) is 0 Å². The van der Waals surface area contributed by atoms with Gasteiger partial charge in [0.1, 0.15) is 0 Å². The lowest BCUT2D eigenvalue weighted by Gasteiger charge is -2.10. The summed E-state index contributed by atoms with van der Waals surface area (Å²) in [6, 6.07) is 12.7. The van der Waals surface area contributed by atoms with Crippen molar-refractivity contribution in [3.05, 3.63) is 58.9 Å². The summed E-state index contributed by atoms with van der Waals surface area (Å²) in [6.45, 7) is 4.84. The summed E-state index contributed by atoms with van der Waals surface area (Å²) in [5, 5.41) is 12.6. The van der Waals surface area contributed by atoms with Crippen molar-refractivity contribution < 1.29 is 4.79 Å². The highest BCUT2D eigenvalue weighted by Crippen LogP contribution is 2.36. The quantitative estimate of drug-likeness (QED) is 0.473. The fraction of sp³-hybridized carbons (Fsp3) is 0.368. The van der Waals surface area contributed by atoms with Gasteiger partial charge in [0, 0.05) is 23.5 Å². The van der Waals surface area contributed by atoms with E-state index in [0.717, 1.165) is 41.5 Å². The molecule has 0 spiro atoms. The van der Waals surface area contributed by atoms with Crippen molar-refractivity contribution in [3.63, 3.8) is 0 Å². The summed E-state index contributed by atoms with van der Waals surface area (Å²) in [7, 11) is 0. The summed E-state index contributed by atoms with van der Waals surface area (Å²) >= 11 is 1.42. The Kier molecular flexibility index (Phi) is 4.63. The Morgan fingerprint density at radius 3 is 2.73 bits per heavy atom. The van der Waals surface area contributed by atoms with Gasteiger partial charge in [-0.15, -0.1) is 5.10 Å². The molecular weight excluding hydrogens is 346 g/mol. The minimum Gasteiger partial charge on any atom is -0.344 e. The van der Waals surface area contributed by atoms with Gasteiger partial charge in [0.2, 0.25) is 5.16 Å². The highest BCUT2D eigenvalue weighted by molar-refractivity contribution is 7.99. The first-order chi connectivity index (χ1) is 12.6. The van der Waals surface area contributed by atoms with Gasteiger partial charge >= 0.3 is 0 Å². The predicted molar refractivity (Wildman–Crippen MR) is 101 cm³/mol. The van der Waals surface area contributed by atoms with Gasteiger partial charge in [-0.05, 0) is 48.7 Å². The zero-order chi connectivity index (χ0) is 18.1. The van der Waals surface area contributed by atoms with Crippen molar-refractivity contribution in [2.75, 3.05) is 5.75 Å². The van der Waals surface area contributed by atoms with Gasteiger partial charge in [-0.2, -0.15) is 0 Å². The van der Waals surface area contributed by atoms with Crippen LogP contribution in [-0.4, -0.2) is 36.3 Å². The molecule has 1 fully saturated rings. The van der Waals surface area contributed by atoms with Gasteiger partial charge < -0.3 is 4.57 Å². The van der Waals surface area contributed by atoms with Gasteiger partial charge in [-0.25, -0.2) is 4.68 Å². The van der Waals surface area contributed by atoms with Crippen LogP contribution in [0.25, 0.3) is 0 Å². The van der Waals surface area contributed by atoms with Gasteiger partial charge in [-0.3, -0.25) is 4.79 Å². The molecule has 1 aliphatic carbocycles. The second-order valence-electron chi connectivity index (χ2n) is 6.71. The van der Waals surface area contributed by atoms with E-state index in [2.05, 4.69) is 32.2 Å². The molecule has 0 radical (unpaired) electrons. The molecule has 0 N–H and O–H groups in total. The van der Waals surface area contributed by atoms with Crippen molar-refractivity contribution >= 4 is 17.5 Å². The molecule has 1 aromatic carbocycles. The highest BCUT2D eigenvalue weighted by atomic mass is 32.2. The van der Waals surface area contributed by atoms with Crippen LogP contribution in [0, 0.1) is 13.8 Å².